The number of nitrogens with zero attached hydrogens (tertiary/aromatic N) is 3. The molecular weight excluding hydrogens is 300 g/mol. The van der Waals surface area contributed by atoms with Crippen LogP contribution in [0.25, 0.3) is 5.65 Å². The van der Waals surface area contributed by atoms with Crippen molar-refractivity contribution in [3.63, 3.8) is 0 Å². The predicted octanol–water partition coefficient (Wildman–Crippen LogP) is 2.14. The van der Waals surface area contributed by atoms with Gasteiger partial charge in [0, 0.05) is 10.7 Å². The van der Waals surface area contributed by atoms with Crippen molar-refractivity contribution in [1.29, 1.82) is 0 Å². The maximum atomic E-state index is 5.48. The molecule has 0 aliphatic rings. The van der Waals surface area contributed by atoms with Crippen LogP contribution in [0.3, 0.4) is 0 Å². The molecule has 6 heteroatoms. The van der Waals surface area contributed by atoms with Crippen molar-refractivity contribution in [3.05, 3.63) is 20.7 Å². The van der Waals surface area contributed by atoms with Gasteiger partial charge in [-0.05, 0) is 44.3 Å². The molecule has 0 unspecified atom stereocenters. The average molecular weight is 306 g/mol. The predicted molar refractivity (Wildman–Crippen MR) is 57.5 cm³/mol. The van der Waals surface area contributed by atoms with Crippen LogP contribution in [-0.4, -0.2) is 14.6 Å². The highest BCUT2D eigenvalue weighted by atomic mass is 79.9. The van der Waals surface area contributed by atoms with E-state index in [2.05, 4.69) is 41.9 Å². The largest absolute Gasteiger partial charge is 0.366 e. The summed E-state index contributed by atoms with van der Waals surface area (Å²) in [6.07, 6.45) is 1.83. The van der Waals surface area contributed by atoms with Crippen LogP contribution in [0.15, 0.2) is 15.1 Å². The Kier molecular flexibility index (Phi) is 2.03. The van der Waals surface area contributed by atoms with Crippen molar-refractivity contribution in [3.8, 4) is 0 Å². The molecule has 13 heavy (non-hydrogen) atoms. The van der Waals surface area contributed by atoms with E-state index in [0.717, 1.165) is 20.2 Å². The van der Waals surface area contributed by atoms with Gasteiger partial charge in [-0.2, -0.15) is 4.98 Å². The highest BCUT2D eigenvalue weighted by Gasteiger charge is 2.09. The minimum Gasteiger partial charge on any atom is -0.366 e. The second-order valence-corrected chi connectivity index (χ2v) is 4.30. The van der Waals surface area contributed by atoms with Crippen LogP contribution in [0.5, 0.6) is 0 Å². The Labute approximate surface area is 91.4 Å². The lowest BCUT2D eigenvalue weighted by Gasteiger charge is -2.01. The minimum atomic E-state index is 0.276. The van der Waals surface area contributed by atoms with Crippen molar-refractivity contribution in [2.45, 2.75) is 6.92 Å². The summed E-state index contributed by atoms with van der Waals surface area (Å²) in [5.41, 5.74) is 7.30. The van der Waals surface area contributed by atoms with Gasteiger partial charge >= 0.3 is 0 Å². The highest BCUT2D eigenvalue weighted by Crippen LogP contribution is 2.27. The summed E-state index contributed by atoms with van der Waals surface area (Å²) >= 11 is 6.85. The number of aromatic nitrogens is 3. The van der Waals surface area contributed by atoms with Gasteiger partial charge in [0.05, 0.1) is 4.47 Å². The number of rotatable bonds is 0. The maximum Gasteiger partial charge on any atom is 0.240 e. The first kappa shape index (κ1) is 8.96. The first-order chi connectivity index (χ1) is 6.09. The summed E-state index contributed by atoms with van der Waals surface area (Å²) in [7, 11) is 0. The molecule has 0 radical (unpaired) electrons. The van der Waals surface area contributed by atoms with E-state index in [1.54, 1.807) is 4.52 Å². The highest BCUT2D eigenvalue weighted by molar-refractivity contribution is 9.11. The van der Waals surface area contributed by atoms with Gasteiger partial charge < -0.3 is 5.73 Å². The fraction of sp³-hybridized carbons (Fsp3) is 0.143. The fourth-order valence-electron chi connectivity index (χ4n) is 1.06. The Bertz CT molecular complexity index is 477. The van der Waals surface area contributed by atoms with Gasteiger partial charge in [-0.25, -0.2) is 4.52 Å². The second-order valence-electron chi connectivity index (χ2n) is 2.65. The van der Waals surface area contributed by atoms with Crippen LogP contribution in [-0.2, 0) is 0 Å². The molecule has 0 saturated carbocycles. The first-order valence-electron chi connectivity index (χ1n) is 3.56. The van der Waals surface area contributed by atoms with Crippen molar-refractivity contribution in [2.24, 2.45) is 0 Å². The molecule has 0 fully saturated rings. The number of nitrogens with two attached hydrogens (primary N) is 1. The van der Waals surface area contributed by atoms with E-state index < -0.39 is 0 Å². The average Bonchev–Trinajstić information content (AvgIpc) is 2.42. The topological polar surface area (TPSA) is 56.2 Å². The second kappa shape index (κ2) is 2.95. The van der Waals surface area contributed by atoms with Crippen LogP contribution in [0.2, 0.25) is 0 Å². The number of halogens is 2. The first-order valence-corrected chi connectivity index (χ1v) is 5.14. The van der Waals surface area contributed by atoms with E-state index in [4.69, 9.17) is 5.73 Å². The molecule has 0 aliphatic carbocycles. The van der Waals surface area contributed by atoms with Crippen LogP contribution in [0.1, 0.15) is 5.56 Å². The molecule has 2 aromatic heterocycles. The monoisotopic (exact) mass is 304 g/mol. The standard InChI is InChI=1S/C7H6Br2N4/c1-3-4(8)2-13-6(5(3)9)11-7(10)12-13/h2H,1H3,(H2,10,12). The summed E-state index contributed by atoms with van der Waals surface area (Å²) in [5.74, 6) is 0.276. The normalized spacial score (nSPS) is 11.0. The van der Waals surface area contributed by atoms with E-state index >= 15 is 0 Å². The molecule has 2 N–H and O–H groups in total. The van der Waals surface area contributed by atoms with Crippen molar-refractivity contribution in [1.82, 2.24) is 14.6 Å². The van der Waals surface area contributed by atoms with Gasteiger partial charge in [-0.15, -0.1) is 5.10 Å². The molecule has 0 amide bonds. The number of pyridine rings is 1. The molecule has 0 aromatic carbocycles. The molecule has 2 aromatic rings. The fourth-order valence-corrected chi connectivity index (χ4v) is 2.20. The molecule has 0 bridgehead atoms. The third-order valence-corrected chi connectivity index (χ3v) is 3.52. The van der Waals surface area contributed by atoms with E-state index in [9.17, 15) is 0 Å². The summed E-state index contributed by atoms with van der Waals surface area (Å²) in [5, 5.41) is 4.00. The molecular formula is C7H6Br2N4. The number of hydrogen-bond acceptors (Lipinski definition) is 3. The van der Waals surface area contributed by atoms with Crippen LogP contribution in [0.4, 0.5) is 5.95 Å². The molecule has 2 rings (SSSR count). The Hall–Kier alpha value is -0.620. The maximum absolute atomic E-state index is 5.48. The molecule has 4 nitrogen and oxygen atoms in total. The smallest absolute Gasteiger partial charge is 0.240 e. The zero-order valence-corrected chi connectivity index (χ0v) is 9.92. The zero-order chi connectivity index (χ0) is 9.59. The summed E-state index contributed by atoms with van der Waals surface area (Å²) in [6, 6.07) is 0. The van der Waals surface area contributed by atoms with E-state index in [0.29, 0.717) is 0 Å². The number of fused-ring (bicyclic) bond motifs is 1. The van der Waals surface area contributed by atoms with Gasteiger partial charge in [0.25, 0.3) is 0 Å². The Morgan fingerprint density at radius 3 is 2.85 bits per heavy atom. The quantitative estimate of drug-likeness (QED) is 0.811. The minimum absolute atomic E-state index is 0.276. The van der Waals surface area contributed by atoms with Gasteiger partial charge in [-0.3, -0.25) is 0 Å². The van der Waals surface area contributed by atoms with E-state index in [1.165, 1.54) is 0 Å². The summed E-state index contributed by atoms with van der Waals surface area (Å²) in [6.45, 7) is 1.99. The SMILES string of the molecule is Cc1c(Br)cn2nc(N)nc2c1Br. The number of anilines is 1. The van der Waals surface area contributed by atoms with Crippen LogP contribution >= 0.6 is 31.9 Å². The van der Waals surface area contributed by atoms with E-state index in [-0.39, 0.29) is 5.95 Å². The summed E-state index contributed by atoms with van der Waals surface area (Å²) < 4.78 is 3.51. The van der Waals surface area contributed by atoms with Gasteiger partial charge in [0.1, 0.15) is 0 Å². The van der Waals surface area contributed by atoms with Crippen LogP contribution in [0, 0.1) is 6.92 Å². The van der Waals surface area contributed by atoms with Crippen molar-refractivity contribution < 1.29 is 0 Å². The van der Waals surface area contributed by atoms with E-state index in [1.807, 2.05) is 13.1 Å². The third kappa shape index (κ3) is 1.34. The van der Waals surface area contributed by atoms with Crippen LogP contribution < -0.4 is 5.73 Å². The Morgan fingerprint density at radius 2 is 2.15 bits per heavy atom. The van der Waals surface area contributed by atoms with Gasteiger partial charge in [0.15, 0.2) is 5.65 Å². The van der Waals surface area contributed by atoms with Crippen molar-refractivity contribution in [2.75, 3.05) is 5.73 Å². The third-order valence-electron chi connectivity index (χ3n) is 1.77. The van der Waals surface area contributed by atoms with Crippen molar-refractivity contribution >= 4 is 43.5 Å². The number of hydrogen-bond donors (Lipinski definition) is 1. The zero-order valence-electron chi connectivity index (χ0n) is 6.75. The molecule has 0 atom stereocenters. The lowest BCUT2D eigenvalue weighted by Crippen LogP contribution is -1.91. The number of nitrogen functional groups attached to an aromatic ring is 1. The molecule has 0 spiro atoms. The van der Waals surface area contributed by atoms with Gasteiger partial charge in [0.2, 0.25) is 5.95 Å². The lowest BCUT2D eigenvalue weighted by atomic mass is 10.3. The Morgan fingerprint density at radius 1 is 1.46 bits per heavy atom. The molecule has 68 valence electrons. The molecule has 0 saturated heterocycles. The molecule has 2 heterocycles. The molecule has 0 aliphatic heterocycles. The van der Waals surface area contributed by atoms with Gasteiger partial charge in [-0.1, -0.05) is 0 Å². The lowest BCUT2D eigenvalue weighted by molar-refractivity contribution is 0.954. The summed E-state index contributed by atoms with van der Waals surface area (Å²) in [4.78, 5) is 4.08. The Balaban J connectivity index is 2.92.